The van der Waals surface area contributed by atoms with E-state index >= 15 is 0 Å². The Morgan fingerprint density at radius 3 is 2.81 bits per heavy atom. The molecule has 0 saturated heterocycles. The number of nitrogens with zero attached hydrogens (tertiary/aromatic N) is 3. The monoisotopic (exact) mass is 243 g/mol. The van der Waals surface area contributed by atoms with Crippen molar-refractivity contribution in [2.45, 2.75) is 11.7 Å². The Morgan fingerprint density at radius 1 is 1.56 bits per heavy atom. The Bertz CT molecular complexity index is 389. The summed E-state index contributed by atoms with van der Waals surface area (Å²) in [5.74, 6) is -1.03. The van der Waals surface area contributed by atoms with Crippen molar-refractivity contribution in [3.63, 3.8) is 0 Å². The lowest BCUT2D eigenvalue weighted by atomic mass is 10.5. The van der Waals surface area contributed by atoms with Gasteiger partial charge in [0, 0.05) is 26.5 Å². The number of amides is 1. The van der Waals surface area contributed by atoms with Crippen LogP contribution >= 0.6 is 11.8 Å². The number of carboxylic acids is 1. The second-order valence-electron chi connectivity index (χ2n) is 3.31. The molecule has 1 amide bonds. The van der Waals surface area contributed by atoms with Crippen LogP contribution in [-0.2, 0) is 16.1 Å². The lowest BCUT2D eigenvalue weighted by Crippen LogP contribution is -2.26. The molecule has 88 valence electrons. The smallest absolute Gasteiger partial charge is 0.313 e. The van der Waals surface area contributed by atoms with E-state index in [-0.39, 0.29) is 18.2 Å². The first-order chi connectivity index (χ1) is 7.50. The van der Waals surface area contributed by atoms with Crippen molar-refractivity contribution < 1.29 is 14.7 Å². The second-order valence-corrected chi connectivity index (χ2v) is 4.25. The van der Waals surface area contributed by atoms with E-state index in [4.69, 9.17) is 5.11 Å². The Labute approximate surface area is 97.3 Å². The van der Waals surface area contributed by atoms with E-state index in [1.54, 1.807) is 31.1 Å². The quantitative estimate of drug-likeness (QED) is 0.745. The maximum atomic E-state index is 11.5. The van der Waals surface area contributed by atoms with E-state index in [0.29, 0.717) is 5.16 Å². The molecule has 0 atom stereocenters. The van der Waals surface area contributed by atoms with E-state index in [2.05, 4.69) is 4.98 Å². The largest absolute Gasteiger partial charge is 0.481 e. The number of carboxylic acid groups (broad SMARTS) is 1. The topological polar surface area (TPSA) is 75.4 Å². The van der Waals surface area contributed by atoms with Gasteiger partial charge in [-0.25, -0.2) is 4.98 Å². The molecular formula is C9H13N3O3S. The van der Waals surface area contributed by atoms with Crippen LogP contribution in [0, 0.1) is 0 Å². The van der Waals surface area contributed by atoms with Crippen LogP contribution in [-0.4, -0.2) is 51.3 Å². The van der Waals surface area contributed by atoms with Gasteiger partial charge in [-0.3, -0.25) is 9.59 Å². The van der Waals surface area contributed by atoms with E-state index in [0.717, 1.165) is 11.8 Å². The van der Waals surface area contributed by atoms with Crippen molar-refractivity contribution in [2.75, 3.05) is 19.8 Å². The van der Waals surface area contributed by atoms with Gasteiger partial charge in [0.05, 0.1) is 5.75 Å². The first kappa shape index (κ1) is 12.6. The highest BCUT2D eigenvalue weighted by molar-refractivity contribution is 7.99. The number of hydrogen-bond acceptors (Lipinski definition) is 4. The maximum Gasteiger partial charge on any atom is 0.313 e. The van der Waals surface area contributed by atoms with Gasteiger partial charge in [-0.15, -0.1) is 0 Å². The lowest BCUT2D eigenvalue weighted by molar-refractivity contribution is -0.134. The van der Waals surface area contributed by atoms with E-state index in [9.17, 15) is 9.59 Å². The fourth-order valence-electron chi connectivity index (χ4n) is 0.969. The molecule has 0 unspecified atom stereocenters. The highest BCUT2D eigenvalue weighted by atomic mass is 32.2. The molecule has 1 rings (SSSR count). The zero-order valence-electron chi connectivity index (χ0n) is 9.08. The first-order valence-electron chi connectivity index (χ1n) is 4.56. The Hall–Kier alpha value is -1.50. The van der Waals surface area contributed by atoms with Crippen molar-refractivity contribution in [1.82, 2.24) is 14.5 Å². The number of thioether (sulfide) groups is 1. The fourth-order valence-corrected chi connectivity index (χ4v) is 1.65. The number of hydrogen-bond donors (Lipinski definition) is 1. The molecule has 0 saturated carbocycles. The molecule has 0 spiro atoms. The van der Waals surface area contributed by atoms with Gasteiger partial charge in [-0.2, -0.15) is 0 Å². The molecule has 1 aromatic heterocycles. The summed E-state index contributed by atoms with van der Waals surface area (Å²) >= 11 is 1.10. The van der Waals surface area contributed by atoms with Crippen molar-refractivity contribution in [2.24, 2.45) is 0 Å². The molecule has 0 radical (unpaired) electrons. The fraction of sp³-hybridized carbons (Fsp3) is 0.444. The number of imidazole rings is 1. The molecule has 6 nitrogen and oxygen atoms in total. The van der Waals surface area contributed by atoms with Crippen molar-refractivity contribution >= 4 is 23.6 Å². The third kappa shape index (κ3) is 3.58. The summed E-state index contributed by atoms with van der Waals surface area (Å²) in [6, 6.07) is 0. The van der Waals surface area contributed by atoms with Crippen LogP contribution in [0.5, 0.6) is 0 Å². The summed E-state index contributed by atoms with van der Waals surface area (Å²) in [6.07, 6.45) is 3.21. The summed E-state index contributed by atoms with van der Waals surface area (Å²) in [4.78, 5) is 27.3. The van der Waals surface area contributed by atoms with Gasteiger partial charge in [0.15, 0.2) is 5.16 Å². The lowest BCUT2D eigenvalue weighted by Gasteiger charge is -2.11. The summed E-state index contributed by atoms with van der Waals surface area (Å²) in [5.41, 5.74) is 0. The van der Waals surface area contributed by atoms with Crippen molar-refractivity contribution in [3.8, 4) is 0 Å². The van der Waals surface area contributed by atoms with Crippen LogP contribution in [0.15, 0.2) is 17.6 Å². The number of rotatable bonds is 5. The molecule has 0 aromatic carbocycles. The van der Waals surface area contributed by atoms with Crippen LogP contribution in [0.2, 0.25) is 0 Å². The molecular weight excluding hydrogens is 230 g/mol. The molecule has 0 bridgehead atoms. The van der Waals surface area contributed by atoms with E-state index in [1.165, 1.54) is 4.90 Å². The summed E-state index contributed by atoms with van der Waals surface area (Å²) in [7, 11) is 3.34. The minimum atomic E-state index is -0.904. The molecule has 0 aliphatic heterocycles. The Kier molecular flexibility index (Phi) is 4.36. The van der Waals surface area contributed by atoms with E-state index < -0.39 is 5.97 Å². The van der Waals surface area contributed by atoms with Crippen molar-refractivity contribution in [3.05, 3.63) is 12.4 Å². The van der Waals surface area contributed by atoms with Gasteiger partial charge in [0.1, 0.15) is 6.54 Å². The zero-order valence-corrected chi connectivity index (χ0v) is 9.90. The standard InChI is InChI=1S/C9H13N3O3S/c1-11(2)7(13)5-12-4-3-10-9(12)16-6-8(14)15/h3-4H,5-6H2,1-2H3,(H,14,15). The normalized spacial score (nSPS) is 10.1. The number of carbonyl (C=O) groups excluding carboxylic acids is 1. The predicted octanol–water partition coefficient (Wildman–Crippen LogP) is 0.148. The van der Waals surface area contributed by atoms with Gasteiger partial charge in [-0.05, 0) is 0 Å². The van der Waals surface area contributed by atoms with E-state index in [1.807, 2.05) is 0 Å². The number of likely N-dealkylation sites (N-methyl/N-ethyl adjacent to an activating group) is 1. The third-order valence-electron chi connectivity index (χ3n) is 1.81. The van der Waals surface area contributed by atoms with Gasteiger partial charge in [-0.1, -0.05) is 11.8 Å². The molecule has 0 fully saturated rings. The van der Waals surface area contributed by atoms with Crippen LogP contribution in [0.1, 0.15) is 0 Å². The number of aliphatic carboxylic acids is 1. The zero-order chi connectivity index (χ0) is 12.1. The average molecular weight is 243 g/mol. The Morgan fingerprint density at radius 2 is 2.25 bits per heavy atom. The molecule has 1 N–H and O–H groups in total. The molecule has 16 heavy (non-hydrogen) atoms. The van der Waals surface area contributed by atoms with Gasteiger partial charge < -0.3 is 14.6 Å². The van der Waals surface area contributed by atoms with Crippen LogP contribution in [0.25, 0.3) is 0 Å². The number of carbonyl (C=O) groups is 2. The summed E-state index contributed by atoms with van der Waals surface area (Å²) < 4.78 is 1.63. The van der Waals surface area contributed by atoms with Gasteiger partial charge in [0.2, 0.25) is 5.91 Å². The average Bonchev–Trinajstić information content (AvgIpc) is 2.62. The summed E-state index contributed by atoms with van der Waals surface area (Å²) in [5, 5.41) is 9.08. The minimum Gasteiger partial charge on any atom is -0.481 e. The minimum absolute atomic E-state index is 0.0600. The molecule has 7 heteroatoms. The number of aromatic nitrogens is 2. The maximum absolute atomic E-state index is 11.5. The van der Waals surface area contributed by atoms with Crippen LogP contribution < -0.4 is 0 Å². The molecule has 0 aliphatic carbocycles. The van der Waals surface area contributed by atoms with Crippen LogP contribution in [0.3, 0.4) is 0 Å². The molecule has 1 heterocycles. The van der Waals surface area contributed by atoms with Crippen LogP contribution in [0.4, 0.5) is 0 Å². The third-order valence-corrected chi connectivity index (χ3v) is 2.80. The molecule has 1 aromatic rings. The highest BCUT2D eigenvalue weighted by Crippen LogP contribution is 2.15. The highest BCUT2D eigenvalue weighted by Gasteiger charge is 2.10. The summed E-state index contributed by atoms with van der Waals surface area (Å²) in [6.45, 7) is 0.176. The molecule has 0 aliphatic rings. The second kappa shape index (κ2) is 5.55. The van der Waals surface area contributed by atoms with Gasteiger partial charge in [0.25, 0.3) is 0 Å². The first-order valence-corrected chi connectivity index (χ1v) is 5.55. The van der Waals surface area contributed by atoms with Crippen molar-refractivity contribution in [1.29, 1.82) is 0 Å². The predicted molar refractivity (Wildman–Crippen MR) is 59.3 cm³/mol. The van der Waals surface area contributed by atoms with Gasteiger partial charge >= 0.3 is 5.97 Å². The Balaban J connectivity index is 2.63. The SMILES string of the molecule is CN(C)C(=O)Cn1ccnc1SCC(=O)O.